The number of methoxy groups -OCH3 is 2. The van der Waals surface area contributed by atoms with Crippen LogP contribution >= 0.6 is 0 Å². The minimum Gasteiger partial charge on any atom is -0.385 e. The monoisotopic (exact) mass is 215 g/mol. The highest BCUT2D eigenvalue weighted by atomic mass is 16.5. The number of hydrogen-bond acceptors (Lipinski definition) is 3. The van der Waals surface area contributed by atoms with Crippen LogP contribution in [0.1, 0.15) is 32.1 Å². The first-order valence-electron chi connectivity index (χ1n) is 6.02. The molecule has 0 unspecified atom stereocenters. The van der Waals surface area contributed by atoms with E-state index in [1.807, 2.05) is 0 Å². The highest BCUT2D eigenvalue weighted by Crippen LogP contribution is 2.46. The van der Waals surface area contributed by atoms with Gasteiger partial charge in [-0.3, -0.25) is 0 Å². The van der Waals surface area contributed by atoms with Crippen molar-refractivity contribution in [2.75, 3.05) is 40.5 Å². The van der Waals surface area contributed by atoms with E-state index < -0.39 is 0 Å². The zero-order valence-corrected chi connectivity index (χ0v) is 10.2. The van der Waals surface area contributed by atoms with Crippen LogP contribution in [-0.4, -0.2) is 40.5 Å². The van der Waals surface area contributed by atoms with Gasteiger partial charge in [0.2, 0.25) is 0 Å². The van der Waals surface area contributed by atoms with E-state index in [2.05, 4.69) is 5.32 Å². The maximum atomic E-state index is 5.18. The first-order chi connectivity index (χ1) is 7.33. The molecule has 90 valence electrons. The van der Waals surface area contributed by atoms with Crippen LogP contribution in [0.5, 0.6) is 0 Å². The van der Waals surface area contributed by atoms with E-state index in [0.29, 0.717) is 5.41 Å². The molecule has 0 radical (unpaired) electrons. The minimum absolute atomic E-state index is 0.593. The van der Waals surface area contributed by atoms with Gasteiger partial charge in [-0.15, -0.1) is 0 Å². The van der Waals surface area contributed by atoms with Gasteiger partial charge in [-0.1, -0.05) is 6.42 Å². The molecule has 1 saturated carbocycles. The topological polar surface area (TPSA) is 30.5 Å². The first kappa shape index (κ1) is 12.9. The zero-order chi connectivity index (χ0) is 11.0. The SMILES string of the molecule is COCCNCCC1(CCOC)CCC1. The predicted molar refractivity (Wildman–Crippen MR) is 62.1 cm³/mol. The number of nitrogens with one attached hydrogen (secondary N) is 1. The summed E-state index contributed by atoms with van der Waals surface area (Å²) in [5, 5.41) is 3.42. The van der Waals surface area contributed by atoms with Gasteiger partial charge in [0.15, 0.2) is 0 Å². The van der Waals surface area contributed by atoms with Crippen LogP contribution < -0.4 is 5.32 Å². The molecule has 0 amide bonds. The van der Waals surface area contributed by atoms with Crippen molar-refractivity contribution in [2.45, 2.75) is 32.1 Å². The van der Waals surface area contributed by atoms with Crippen molar-refractivity contribution in [3.05, 3.63) is 0 Å². The third-order valence-electron chi connectivity index (χ3n) is 3.57. The second-order valence-electron chi connectivity index (χ2n) is 4.59. The molecule has 1 rings (SSSR count). The molecule has 1 aliphatic carbocycles. The summed E-state index contributed by atoms with van der Waals surface area (Å²) in [7, 11) is 3.54. The lowest BCUT2D eigenvalue weighted by atomic mass is 9.65. The van der Waals surface area contributed by atoms with Gasteiger partial charge < -0.3 is 14.8 Å². The maximum absolute atomic E-state index is 5.18. The number of rotatable bonds is 9. The molecular weight excluding hydrogens is 190 g/mol. The molecule has 0 aromatic rings. The number of ether oxygens (including phenoxy) is 2. The molecule has 15 heavy (non-hydrogen) atoms. The summed E-state index contributed by atoms with van der Waals surface area (Å²) in [6.45, 7) is 3.81. The van der Waals surface area contributed by atoms with Gasteiger partial charge in [0.05, 0.1) is 6.61 Å². The van der Waals surface area contributed by atoms with Crippen LogP contribution in [0.4, 0.5) is 0 Å². The van der Waals surface area contributed by atoms with Crippen molar-refractivity contribution in [2.24, 2.45) is 5.41 Å². The summed E-state index contributed by atoms with van der Waals surface area (Å²) in [6, 6.07) is 0. The van der Waals surface area contributed by atoms with E-state index in [9.17, 15) is 0 Å². The summed E-state index contributed by atoms with van der Waals surface area (Å²) in [4.78, 5) is 0. The summed E-state index contributed by atoms with van der Waals surface area (Å²) in [5.74, 6) is 0. The lowest BCUT2D eigenvalue weighted by Crippen LogP contribution is -2.35. The van der Waals surface area contributed by atoms with Crippen molar-refractivity contribution in [3.63, 3.8) is 0 Å². The van der Waals surface area contributed by atoms with Crippen molar-refractivity contribution < 1.29 is 9.47 Å². The maximum Gasteiger partial charge on any atom is 0.0587 e. The van der Waals surface area contributed by atoms with E-state index in [1.54, 1.807) is 14.2 Å². The number of hydrogen-bond donors (Lipinski definition) is 1. The Labute approximate surface area is 93.5 Å². The molecule has 0 spiro atoms. The van der Waals surface area contributed by atoms with Crippen LogP contribution in [0, 0.1) is 5.41 Å². The average Bonchev–Trinajstić information content (AvgIpc) is 2.20. The van der Waals surface area contributed by atoms with Gasteiger partial charge in [-0.2, -0.15) is 0 Å². The van der Waals surface area contributed by atoms with Crippen molar-refractivity contribution in [1.82, 2.24) is 5.32 Å². The molecule has 1 N–H and O–H groups in total. The Balaban J connectivity index is 2.05. The summed E-state index contributed by atoms with van der Waals surface area (Å²) in [5.41, 5.74) is 0.593. The minimum atomic E-state index is 0.593. The predicted octanol–water partition coefficient (Wildman–Crippen LogP) is 1.82. The van der Waals surface area contributed by atoms with Gasteiger partial charge in [0.25, 0.3) is 0 Å². The van der Waals surface area contributed by atoms with Gasteiger partial charge in [0, 0.05) is 27.4 Å². The second-order valence-corrected chi connectivity index (χ2v) is 4.59. The largest absolute Gasteiger partial charge is 0.385 e. The van der Waals surface area contributed by atoms with E-state index >= 15 is 0 Å². The molecule has 0 atom stereocenters. The fourth-order valence-corrected chi connectivity index (χ4v) is 2.27. The Morgan fingerprint density at radius 2 is 1.73 bits per heavy atom. The Morgan fingerprint density at radius 3 is 2.27 bits per heavy atom. The summed E-state index contributed by atoms with van der Waals surface area (Å²) in [6.07, 6.45) is 6.71. The molecule has 0 bridgehead atoms. The smallest absolute Gasteiger partial charge is 0.0587 e. The lowest BCUT2D eigenvalue weighted by molar-refractivity contribution is 0.0610. The molecule has 0 heterocycles. The molecule has 1 fully saturated rings. The first-order valence-corrected chi connectivity index (χ1v) is 6.02. The quantitative estimate of drug-likeness (QED) is 0.595. The van der Waals surface area contributed by atoms with Crippen LogP contribution in [-0.2, 0) is 9.47 Å². The molecular formula is C12H25NO2. The van der Waals surface area contributed by atoms with E-state index in [4.69, 9.17) is 9.47 Å². The molecule has 3 nitrogen and oxygen atoms in total. The van der Waals surface area contributed by atoms with Gasteiger partial charge >= 0.3 is 0 Å². The lowest BCUT2D eigenvalue weighted by Gasteiger charge is -2.42. The Morgan fingerprint density at radius 1 is 1.00 bits per heavy atom. The van der Waals surface area contributed by atoms with Crippen molar-refractivity contribution in [1.29, 1.82) is 0 Å². The van der Waals surface area contributed by atoms with Gasteiger partial charge in [-0.05, 0) is 37.6 Å². The summed E-state index contributed by atoms with van der Waals surface area (Å²) >= 11 is 0. The van der Waals surface area contributed by atoms with Gasteiger partial charge in [0.1, 0.15) is 0 Å². The Hall–Kier alpha value is -0.120. The molecule has 3 heteroatoms. The highest BCUT2D eigenvalue weighted by Gasteiger charge is 2.35. The fourth-order valence-electron chi connectivity index (χ4n) is 2.27. The molecule has 1 aliphatic rings. The standard InChI is InChI=1S/C12H25NO2/c1-14-10-7-12(4-3-5-12)6-8-13-9-11-15-2/h13H,3-11H2,1-2H3. The van der Waals surface area contributed by atoms with Crippen LogP contribution in [0.25, 0.3) is 0 Å². The third kappa shape index (κ3) is 4.49. The molecule has 0 aliphatic heterocycles. The molecule has 0 aromatic carbocycles. The van der Waals surface area contributed by atoms with Gasteiger partial charge in [-0.25, -0.2) is 0 Å². The highest BCUT2D eigenvalue weighted by molar-refractivity contribution is 4.87. The Kier molecular flexibility index (Phi) is 6.22. The van der Waals surface area contributed by atoms with Crippen LogP contribution in [0.3, 0.4) is 0 Å². The van der Waals surface area contributed by atoms with E-state index in [1.165, 1.54) is 32.1 Å². The fraction of sp³-hybridized carbons (Fsp3) is 1.00. The normalized spacial score (nSPS) is 18.8. The van der Waals surface area contributed by atoms with E-state index in [0.717, 1.165) is 26.3 Å². The second kappa shape index (κ2) is 7.20. The molecule has 0 aromatic heterocycles. The van der Waals surface area contributed by atoms with Crippen molar-refractivity contribution >= 4 is 0 Å². The third-order valence-corrected chi connectivity index (χ3v) is 3.57. The summed E-state index contributed by atoms with van der Waals surface area (Å²) < 4.78 is 10.2. The molecule has 0 saturated heterocycles. The van der Waals surface area contributed by atoms with E-state index in [-0.39, 0.29) is 0 Å². The van der Waals surface area contributed by atoms with Crippen molar-refractivity contribution in [3.8, 4) is 0 Å². The zero-order valence-electron chi connectivity index (χ0n) is 10.2. The Bertz CT molecular complexity index is 158. The van der Waals surface area contributed by atoms with Crippen LogP contribution in [0.2, 0.25) is 0 Å². The average molecular weight is 215 g/mol. The van der Waals surface area contributed by atoms with Crippen LogP contribution in [0.15, 0.2) is 0 Å².